The second-order valence-electron chi connectivity index (χ2n) is 3.05. The number of hydrogen-bond acceptors (Lipinski definition) is 3. The maximum Gasteiger partial charge on any atom is 0.340 e. The Kier molecular flexibility index (Phi) is 4.60. The smallest absolute Gasteiger partial charge is 0.324 e. The van der Waals surface area contributed by atoms with E-state index in [4.69, 9.17) is 33.0 Å². The van der Waals surface area contributed by atoms with Gasteiger partial charge in [0.05, 0.1) is 5.02 Å². The Morgan fingerprint density at radius 2 is 1.88 bits per heavy atom. The van der Waals surface area contributed by atoms with Crippen molar-refractivity contribution in [2.45, 2.75) is 4.90 Å². The van der Waals surface area contributed by atoms with Crippen LogP contribution < -0.4 is 4.72 Å². The lowest BCUT2D eigenvalue weighted by molar-refractivity contribution is 0.371. The summed E-state index contributed by atoms with van der Waals surface area (Å²) in [5.41, 5.74) is 0. The number of nitrogens with one attached hydrogen (secondary N) is 1. The summed E-state index contributed by atoms with van der Waals surface area (Å²) in [6.45, 7) is 0. The van der Waals surface area contributed by atoms with Crippen molar-refractivity contribution >= 4 is 40.8 Å². The molecule has 3 N–H and O–H groups in total. The highest BCUT2D eigenvalue weighted by Gasteiger charge is 2.22. The van der Waals surface area contributed by atoms with Crippen LogP contribution in [0.4, 0.5) is 0 Å². The third-order valence-electron chi connectivity index (χ3n) is 1.64. The first-order valence-electron chi connectivity index (χ1n) is 4.11. The van der Waals surface area contributed by atoms with Crippen LogP contribution in [0.3, 0.4) is 0 Å². The van der Waals surface area contributed by atoms with Crippen LogP contribution >= 0.6 is 30.8 Å². The summed E-state index contributed by atoms with van der Waals surface area (Å²) in [5, 5.41) is 0.0542. The number of halogens is 2. The second-order valence-corrected chi connectivity index (χ2v) is 7.27. The summed E-state index contributed by atoms with van der Waals surface area (Å²) in [4.78, 5) is 16.8. The minimum absolute atomic E-state index is 0.0902. The highest BCUT2D eigenvalue weighted by molar-refractivity contribution is 7.90. The Morgan fingerprint density at radius 3 is 2.41 bits per heavy atom. The molecule has 0 saturated heterocycles. The minimum Gasteiger partial charge on any atom is -0.324 e. The number of sulfonamides is 1. The van der Waals surface area contributed by atoms with E-state index in [0.29, 0.717) is 0 Å². The predicted octanol–water partition coefficient (Wildman–Crippen LogP) is 1.41. The molecule has 0 unspecified atom stereocenters. The lowest BCUT2D eigenvalue weighted by Crippen LogP contribution is -2.25. The van der Waals surface area contributed by atoms with Gasteiger partial charge in [-0.25, -0.2) is 8.42 Å². The van der Waals surface area contributed by atoms with Crippen molar-refractivity contribution in [3.63, 3.8) is 0 Å². The third kappa shape index (κ3) is 4.56. The van der Waals surface area contributed by atoms with E-state index >= 15 is 0 Å². The fourth-order valence-corrected chi connectivity index (χ4v) is 3.70. The van der Waals surface area contributed by atoms with Crippen LogP contribution in [0, 0.1) is 0 Å². The molecule has 17 heavy (non-hydrogen) atoms. The molecule has 10 heteroatoms. The molecule has 6 nitrogen and oxygen atoms in total. The summed E-state index contributed by atoms with van der Waals surface area (Å²) >= 11 is 11.3. The Balaban J connectivity index is 3.06. The zero-order valence-corrected chi connectivity index (χ0v) is 11.4. The maximum absolute atomic E-state index is 11.7. The summed E-state index contributed by atoms with van der Waals surface area (Å²) in [6.07, 6.45) is -1.00. The van der Waals surface area contributed by atoms with Crippen LogP contribution in [0.15, 0.2) is 23.1 Å². The molecule has 0 fully saturated rings. The molecule has 0 bridgehead atoms. The molecule has 96 valence electrons. The average Bonchev–Trinajstić information content (AvgIpc) is 2.18. The Bertz CT molecular complexity index is 570. The Labute approximate surface area is 108 Å². The van der Waals surface area contributed by atoms with Gasteiger partial charge in [0.1, 0.15) is 11.2 Å². The first-order chi connectivity index (χ1) is 7.62. The molecule has 0 amide bonds. The molecule has 0 heterocycles. The molecule has 1 aromatic carbocycles. The summed E-state index contributed by atoms with van der Waals surface area (Å²) in [7, 11) is -8.58. The van der Waals surface area contributed by atoms with Crippen molar-refractivity contribution in [2.24, 2.45) is 0 Å². The lowest BCUT2D eigenvalue weighted by Gasteiger charge is -2.09. The van der Waals surface area contributed by atoms with Crippen molar-refractivity contribution in [3.05, 3.63) is 28.2 Å². The van der Waals surface area contributed by atoms with E-state index in [2.05, 4.69) is 0 Å². The SMILES string of the molecule is O=P(O)(O)CNS(=O)(=O)c1cc(Cl)ccc1Cl. The molecule has 0 radical (unpaired) electrons. The van der Waals surface area contributed by atoms with Gasteiger partial charge in [0.2, 0.25) is 10.0 Å². The number of rotatable bonds is 4. The Morgan fingerprint density at radius 1 is 1.29 bits per heavy atom. The van der Waals surface area contributed by atoms with Gasteiger partial charge in [0, 0.05) is 5.02 Å². The van der Waals surface area contributed by atoms with Gasteiger partial charge in [-0.2, -0.15) is 4.72 Å². The molecular formula is C7H8Cl2NO5PS. The van der Waals surface area contributed by atoms with E-state index in [1.54, 1.807) is 4.72 Å². The summed E-state index contributed by atoms with van der Waals surface area (Å²) in [5.74, 6) is 0. The van der Waals surface area contributed by atoms with Crippen LogP contribution in [0.5, 0.6) is 0 Å². The monoisotopic (exact) mass is 319 g/mol. The van der Waals surface area contributed by atoms with Gasteiger partial charge in [0.15, 0.2) is 0 Å². The molecule has 0 atom stereocenters. The molecule has 0 aliphatic heterocycles. The largest absolute Gasteiger partial charge is 0.340 e. The van der Waals surface area contributed by atoms with Crippen LogP contribution in [0.2, 0.25) is 10.0 Å². The number of hydrogen-bond donors (Lipinski definition) is 3. The standard InChI is InChI=1S/C7H8Cl2NO5PS/c8-5-1-2-6(9)7(3-5)17(14,15)10-4-16(11,12)13/h1-3,10H,4H2,(H2,11,12,13). The maximum atomic E-state index is 11.7. The fourth-order valence-electron chi connectivity index (χ4n) is 0.930. The van der Waals surface area contributed by atoms with Gasteiger partial charge in [-0.1, -0.05) is 23.2 Å². The molecule has 0 aliphatic carbocycles. The van der Waals surface area contributed by atoms with Crippen molar-refractivity contribution in [2.75, 3.05) is 6.29 Å². The molecule has 0 spiro atoms. The molecule has 0 aliphatic rings. The highest BCUT2D eigenvalue weighted by Crippen LogP contribution is 2.33. The molecular weight excluding hydrogens is 312 g/mol. The van der Waals surface area contributed by atoms with E-state index in [1.807, 2.05) is 0 Å². The zero-order chi connectivity index (χ0) is 13.3. The van der Waals surface area contributed by atoms with E-state index in [-0.39, 0.29) is 14.9 Å². The van der Waals surface area contributed by atoms with Crippen molar-refractivity contribution in [1.82, 2.24) is 4.72 Å². The van der Waals surface area contributed by atoms with E-state index < -0.39 is 23.9 Å². The lowest BCUT2D eigenvalue weighted by atomic mass is 10.4. The van der Waals surface area contributed by atoms with Crippen molar-refractivity contribution < 1.29 is 22.8 Å². The predicted molar refractivity (Wildman–Crippen MR) is 63.7 cm³/mol. The topological polar surface area (TPSA) is 104 Å². The molecule has 0 aromatic heterocycles. The first kappa shape index (κ1) is 14.9. The average molecular weight is 320 g/mol. The zero-order valence-electron chi connectivity index (χ0n) is 8.17. The van der Waals surface area contributed by atoms with Gasteiger partial charge < -0.3 is 9.79 Å². The van der Waals surface area contributed by atoms with Crippen LogP contribution in [0.1, 0.15) is 0 Å². The van der Waals surface area contributed by atoms with E-state index in [9.17, 15) is 13.0 Å². The normalized spacial score (nSPS) is 12.7. The minimum atomic E-state index is -4.48. The van der Waals surface area contributed by atoms with Gasteiger partial charge in [-0.05, 0) is 18.2 Å². The van der Waals surface area contributed by atoms with E-state index in [0.717, 1.165) is 6.07 Å². The molecule has 0 saturated carbocycles. The van der Waals surface area contributed by atoms with Crippen molar-refractivity contribution in [3.8, 4) is 0 Å². The Hall–Kier alpha value is -0.140. The van der Waals surface area contributed by atoms with Gasteiger partial charge in [-0.15, -0.1) is 0 Å². The van der Waals surface area contributed by atoms with Crippen LogP contribution in [-0.2, 0) is 14.6 Å². The number of benzene rings is 1. The third-order valence-corrected chi connectivity index (χ3v) is 4.55. The van der Waals surface area contributed by atoms with Gasteiger partial charge in [-0.3, -0.25) is 4.57 Å². The second kappa shape index (κ2) is 5.24. The highest BCUT2D eigenvalue weighted by atomic mass is 35.5. The van der Waals surface area contributed by atoms with Gasteiger partial charge in [0.25, 0.3) is 0 Å². The first-order valence-corrected chi connectivity index (χ1v) is 8.15. The van der Waals surface area contributed by atoms with Gasteiger partial charge >= 0.3 is 7.60 Å². The quantitative estimate of drug-likeness (QED) is 0.728. The van der Waals surface area contributed by atoms with E-state index in [1.165, 1.54) is 12.1 Å². The van der Waals surface area contributed by atoms with Crippen molar-refractivity contribution in [1.29, 1.82) is 0 Å². The summed E-state index contributed by atoms with van der Waals surface area (Å²) < 4.78 is 35.6. The molecule has 1 rings (SSSR count). The molecule has 1 aromatic rings. The van der Waals surface area contributed by atoms with Crippen LogP contribution in [0.25, 0.3) is 0 Å². The fraction of sp³-hybridized carbons (Fsp3) is 0.143. The summed E-state index contributed by atoms with van der Waals surface area (Å²) in [6, 6.07) is 3.76. The van der Waals surface area contributed by atoms with Crippen LogP contribution in [-0.4, -0.2) is 24.5 Å².